The molecule has 1 atom stereocenters. The highest BCUT2D eigenvalue weighted by Crippen LogP contribution is 2.58. The van der Waals surface area contributed by atoms with Crippen LogP contribution in [0.2, 0.25) is 0 Å². The Balaban J connectivity index is 0.932. The molecule has 2 aromatic heterocycles. The smallest absolute Gasteiger partial charge is 0.137 e. The van der Waals surface area contributed by atoms with E-state index in [0.29, 0.717) is 0 Å². The molecule has 2 heterocycles. The molecule has 4 nitrogen and oxygen atoms in total. The van der Waals surface area contributed by atoms with Crippen LogP contribution in [-0.4, -0.2) is 4.57 Å². The zero-order chi connectivity index (χ0) is 50.0. The van der Waals surface area contributed by atoms with E-state index in [9.17, 15) is 0 Å². The van der Waals surface area contributed by atoms with Crippen molar-refractivity contribution in [1.29, 1.82) is 0 Å². The van der Waals surface area contributed by atoms with Gasteiger partial charge in [0.25, 0.3) is 0 Å². The monoisotopic (exact) mass is 960 g/mol. The molecule has 75 heavy (non-hydrogen) atoms. The van der Waals surface area contributed by atoms with Crippen LogP contribution in [0.1, 0.15) is 33.4 Å². The minimum absolute atomic E-state index is 0.659. The topological polar surface area (TPSA) is 30.5 Å². The Morgan fingerprint density at radius 1 is 0.427 bits per heavy atom. The molecule has 11 aromatic carbocycles. The van der Waals surface area contributed by atoms with E-state index in [1.165, 1.54) is 49.6 Å². The van der Waals surface area contributed by atoms with Gasteiger partial charge in [0.1, 0.15) is 22.7 Å². The van der Waals surface area contributed by atoms with Crippen molar-refractivity contribution in [3.8, 4) is 39.4 Å². The summed E-state index contributed by atoms with van der Waals surface area (Å²) in [5.74, 6) is 1.54. The molecule has 0 radical (unpaired) electrons. The third kappa shape index (κ3) is 7.06. The van der Waals surface area contributed by atoms with E-state index in [-0.39, 0.29) is 0 Å². The van der Waals surface area contributed by atoms with Crippen molar-refractivity contribution in [2.24, 2.45) is 0 Å². The molecule has 1 aliphatic carbocycles. The van der Waals surface area contributed by atoms with Crippen LogP contribution < -0.4 is 9.64 Å². The molecule has 0 aliphatic heterocycles. The van der Waals surface area contributed by atoms with Crippen molar-refractivity contribution in [2.45, 2.75) is 5.41 Å². The number of hydrogen-bond acceptors (Lipinski definition) is 3. The predicted molar refractivity (Wildman–Crippen MR) is 312 cm³/mol. The number of para-hydroxylation sites is 2. The fourth-order valence-corrected chi connectivity index (χ4v) is 11.8. The average Bonchev–Trinajstić information content (AvgIpc) is 4.24. The quantitative estimate of drug-likeness (QED) is 0.129. The van der Waals surface area contributed by atoms with Crippen LogP contribution in [0.3, 0.4) is 0 Å². The molecular weight excluding hydrogens is 913 g/mol. The Morgan fingerprint density at radius 3 is 1.80 bits per heavy atom. The summed E-state index contributed by atoms with van der Waals surface area (Å²) in [5, 5.41) is 4.56. The van der Waals surface area contributed by atoms with Crippen LogP contribution in [-0.2, 0) is 5.41 Å². The summed E-state index contributed by atoms with van der Waals surface area (Å²) in [6, 6.07) is 91.6. The van der Waals surface area contributed by atoms with Gasteiger partial charge in [0.05, 0.1) is 27.5 Å². The lowest BCUT2D eigenvalue weighted by atomic mass is 9.67. The minimum Gasteiger partial charge on any atom is -0.457 e. The first-order valence-electron chi connectivity index (χ1n) is 25.5. The number of aromatic nitrogens is 1. The highest BCUT2D eigenvalue weighted by Gasteiger charge is 2.46. The molecule has 1 unspecified atom stereocenters. The lowest BCUT2D eigenvalue weighted by Gasteiger charge is -2.35. The van der Waals surface area contributed by atoms with Gasteiger partial charge in [-0.05, 0) is 153 Å². The van der Waals surface area contributed by atoms with Crippen molar-refractivity contribution in [3.63, 3.8) is 0 Å². The first-order valence-corrected chi connectivity index (χ1v) is 25.5. The summed E-state index contributed by atoms with van der Waals surface area (Å²) in [6.07, 6.45) is 3.73. The lowest BCUT2D eigenvalue weighted by molar-refractivity contribution is 0.482. The number of hydrogen-bond donors (Lipinski definition) is 0. The third-order valence-corrected chi connectivity index (χ3v) is 15.3. The van der Waals surface area contributed by atoms with E-state index < -0.39 is 5.41 Å². The molecule has 0 saturated carbocycles. The number of nitrogens with zero attached hydrogens (tertiary/aromatic N) is 2. The van der Waals surface area contributed by atoms with Crippen LogP contribution in [0, 0.1) is 0 Å². The number of furan rings is 1. The summed E-state index contributed by atoms with van der Waals surface area (Å²) < 4.78 is 15.4. The van der Waals surface area contributed by atoms with Crippen molar-refractivity contribution >= 4 is 73.0 Å². The first kappa shape index (κ1) is 43.9. The molecule has 4 heteroatoms. The Bertz CT molecular complexity index is 4340. The van der Waals surface area contributed by atoms with E-state index >= 15 is 0 Å². The average molecular weight is 961 g/mol. The van der Waals surface area contributed by atoms with Gasteiger partial charge < -0.3 is 18.6 Å². The second kappa shape index (κ2) is 17.7. The summed E-state index contributed by atoms with van der Waals surface area (Å²) in [7, 11) is 0. The van der Waals surface area contributed by atoms with Gasteiger partial charge in [0.15, 0.2) is 0 Å². The Kier molecular flexibility index (Phi) is 10.3. The van der Waals surface area contributed by atoms with Crippen LogP contribution in [0.25, 0.3) is 83.8 Å². The second-order valence-corrected chi connectivity index (χ2v) is 19.3. The standard InChI is InChI=1S/C71H48N2O2/c1-3-47-25-34-54(35-26-47)73-65-21-12-9-18-60(65)62-45-50(31-44-66(62)73)49-29-36-53(37-30-49)72(67-22-14-24-69-70(67)61-19-10-13-23-68(61)75-69)55-38-43-59-58-17-8-11-20-63(58)71(64(59)46-55,51-15-6-5-7-16-51)52-32-41-57(42-33-52)74-56-39-27-48(4-2)28-40-56/h3-46H,1-2H2. The molecule has 0 spiro atoms. The fraction of sp³-hybridized carbons (Fsp3) is 0.0141. The molecule has 13 aromatic rings. The number of rotatable bonds is 11. The maximum absolute atomic E-state index is 6.57. The largest absolute Gasteiger partial charge is 0.457 e. The fourth-order valence-electron chi connectivity index (χ4n) is 11.8. The molecular formula is C71H48N2O2. The van der Waals surface area contributed by atoms with Crippen molar-refractivity contribution < 1.29 is 9.15 Å². The number of anilines is 3. The van der Waals surface area contributed by atoms with Gasteiger partial charge in [-0.25, -0.2) is 0 Å². The molecule has 354 valence electrons. The SMILES string of the molecule is C=Cc1ccc(Oc2ccc(C3(c4ccccc4)c4ccccc4-c4ccc(N(c5ccc(-c6ccc7c(c6)c6ccccc6n7-c6ccc(C=C)cc6)cc5)c5cccc6oc7ccccc7c56)cc43)cc2)cc1. The van der Waals surface area contributed by atoms with Crippen LogP contribution in [0.15, 0.2) is 272 Å². The van der Waals surface area contributed by atoms with Crippen LogP contribution >= 0.6 is 0 Å². The van der Waals surface area contributed by atoms with Crippen LogP contribution in [0.4, 0.5) is 17.1 Å². The van der Waals surface area contributed by atoms with Gasteiger partial charge in [-0.3, -0.25) is 0 Å². The van der Waals surface area contributed by atoms with Gasteiger partial charge >= 0.3 is 0 Å². The van der Waals surface area contributed by atoms with E-state index in [1.54, 1.807) is 0 Å². The summed E-state index contributed by atoms with van der Waals surface area (Å²) in [4.78, 5) is 2.41. The van der Waals surface area contributed by atoms with E-state index in [2.05, 4.69) is 247 Å². The molecule has 0 bridgehead atoms. The maximum Gasteiger partial charge on any atom is 0.137 e. The van der Waals surface area contributed by atoms with Gasteiger partial charge in [0, 0.05) is 33.2 Å². The predicted octanol–water partition coefficient (Wildman–Crippen LogP) is 19.3. The Labute approximate surface area is 435 Å². The number of benzene rings is 11. The van der Waals surface area contributed by atoms with Gasteiger partial charge in [0.2, 0.25) is 0 Å². The van der Waals surface area contributed by atoms with Gasteiger partial charge in [-0.1, -0.05) is 183 Å². The maximum atomic E-state index is 6.57. The molecule has 0 saturated heterocycles. The summed E-state index contributed by atoms with van der Waals surface area (Å²) in [6.45, 7) is 7.88. The van der Waals surface area contributed by atoms with Crippen molar-refractivity contribution in [1.82, 2.24) is 4.57 Å². The van der Waals surface area contributed by atoms with Gasteiger partial charge in [-0.2, -0.15) is 0 Å². The normalized spacial score (nSPS) is 13.8. The lowest BCUT2D eigenvalue weighted by Crippen LogP contribution is -2.28. The number of ether oxygens (including phenoxy) is 1. The molecule has 0 fully saturated rings. The molecule has 1 aliphatic rings. The van der Waals surface area contributed by atoms with Crippen molar-refractivity contribution in [3.05, 3.63) is 301 Å². The van der Waals surface area contributed by atoms with E-state index in [4.69, 9.17) is 9.15 Å². The second-order valence-electron chi connectivity index (χ2n) is 19.3. The van der Waals surface area contributed by atoms with Crippen LogP contribution in [0.5, 0.6) is 11.5 Å². The summed E-state index contributed by atoms with van der Waals surface area (Å²) >= 11 is 0. The Hall–Kier alpha value is -9.90. The van der Waals surface area contributed by atoms with Gasteiger partial charge in [-0.15, -0.1) is 0 Å². The van der Waals surface area contributed by atoms with E-state index in [1.807, 2.05) is 42.5 Å². The minimum atomic E-state index is -0.659. The molecule has 14 rings (SSSR count). The Morgan fingerprint density at radius 2 is 1.03 bits per heavy atom. The highest BCUT2D eigenvalue weighted by atomic mass is 16.5. The highest BCUT2D eigenvalue weighted by molar-refractivity contribution is 6.14. The molecule has 0 N–H and O–H groups in total. The summed E-state index contributed by atoms with van der Waals surface area (Å²) in [5.41, 5.74) is 19.2. The van der Waals surface area contributed by atoms with Crippen molar-refractivity contribution in [2.75, 3.05) is 4.90 Å². The third-order valence-electron chi connectivity index (χ3n) is 15.3. The first-order chi connectivity index (χ1) is 37.1. The molecule has 0 amide bonds. The van der Waals surface area contributed by atoms with E-state index in [0.717, 1.165) is 84.0 Å². The zero-order valence-electron chi connectivity index (χ0n) is 41.0. The number of fused-ring (bicyclic) bond motifs is 9. The zero-order valence-corrected chi connectivity index (χ0v) is 41.0.